The SMILES string of the molecule is C[C@H]1OC(=O)[C@H](CC(C)(C)C)N(C)C(=O)[C@@H](Cc2ccc(C(C)(C)C)cc2)OC(=O)[C@H](CC(C)(C)F)N(C)C(=O)[C@@H](C)OC(=O)[C@H](CC(C)(C)C)N(C)C(=O)[C@@H](Cc2ccc(C(C)(C)C)cc2)OC(=O)[C@H](CC(C)(C)F)N(C)C1=O. The molecular formula is C62H94F2N4O12. The second-order valence-electron chi connectivity index (χ2n) is 27.5. The summed E-state index contributed by atoms with van der Waals surface area (Å²) in [6, 6.07) is 8.29. The number of carbonyl (C=O) groups excluding carboxylic acids is 8. The summed E-state index contributed by atoms with van der Waals surface area (Å²) < 4.78 is 55.6. The molecule has 1 heterocycles. The van der Waals surface area contributed by atoms with E-state index in [9.17, 15) is 28.8 Å². The highest BCUT2D eigenvalue weighted by Crippen LogP contribution is 2.31. The van der Waals surface area contributed by atoms with Crippen molar-refractivity contribution >= 4 is 47.5 Å². The Morgan fingerprint density at radius 1 is 0.375 bits per heavy atom. The molecule has 1 aliphatic rings. The fourth-order valence-corrected chi connectivity index (χ4v) is 9.35. The van der Waals surface area contributed by atoms with Gasteiger partial charge < -0.3 is 38.5 Å². The van der Waals surface area contributed by atoms with Gasteiger partial charge in [0, 0.05) is 53.9 Å². The molecule has 1 fully saturated rings. The summed E-state index contributed by atoms with van der Waals surface area (Å²) in [5, 5.41) is 0. The van der Waals surface area contributed by atoms with Crippen LogP contribution in [0.5, 0.6) is 0 Å². The van der Waals surface area contributed by atoms with Gasteiger partial charge in [-0.2, -0.15) is 0 Å². The smallest absolute Gasteiger partial charge is 0.329 e. The van der Waals surface area contributed by atoms with Crippen LogP contribution in [0, 0.1) is 10.8 Å². The summed E-state index contributed by atoms with van der Waals surface area (Å²) in [4.78, 5) is 121. The molecular weight excluding hydrogens is 1030 g/mol. The van der Waals surface area contributed by atoms with E-state index < -0.39 is 131 Å². The zero-order chi connectivity index (χ0) is 61.6. The molecule has 8 atom stereocenters. The third-order valence-corrected chi connectivity index (χ3v) is 14.1. The molecule has 1 saturated heterocycles. The summed E-state index contributed by atoms with van der Waals surface area (Å²) in [5.41, 5.74) is -3.00. The van der Waals surface area contributed by atoms with Crippen molar-refractivity contribution < 1.29 is 66.1 Å². The van der Waals surface area contributed by atoms with Gasteiger partial charge in [0.25, 0.3) is 23.6 Å². The van der Waals surface area contributed by atoms with Gasteiger partial charge in [0.15, 0.2) is 24.4 Å². The van der Waals surface area contributed by atoms with Crippen molar-refractivity contribution in [3.05, 3.63) is 70.8 Å². The quantitative estimate of drug-likeness (QED) is 0.162. The molecule has 0 aromatic heterocycles. The van der Waals surface area contributed by atoms with Crippen molar-refractivity contribution in [3.8, 4) is 0 Å². The van der Waals surface area contributed by atoms with Gasteiger partial charge in [-0.3, -0.25) is 19.2 Å². The Kier molecular flexibility index (Phi) is 22.5. The number of amides is 4. The van der Waals surface area contributed by atoms with Crippen LogP contribution in [0.2, 0.25) is 0 Å². The Morgan fingerprint density at radius 3 is 0.850 bits per heavy atom. The number of halogens is 2. The average molecular weight is 1130 g/mol. The number of esters is 4. The minimum Gasteiger partial charge on any atom is -0.451 e. The molecule has 0 saturated carbocycles. The van der Waals surface area contributed by atoms with Gasteiger partial charge in [-0.25, -0.2) is 28.0 Å². The molecule has 3 rings (SSSR count). The lowest BCUT2D eigenvalue weighted by Crippen LogP contribution is -2.55. The van der Waals surface area contributed by atoms with Crippen LogP contribution in [0.1, 0.15) is 173 Å². The first-order valence-electron chi connectivity index (χ1n) is 27.7. The lowest BCUT2D eigenvalue weighted by Gasteiger charge is -2.37. The number of nitrogens with zero attached hydrogens (tertiary/aromatic N) is 4. The van der Waals surface area contributed by atoms with E-state index in [0.717, 1.165) is 30.7 Å². The normalized spacial score (nSPS) is 24.3. The molecule has 2 aromatic carbocycles. The molecule has 2 aromatic rings. The number of ether oxygens (including phenoxy) is 4. The van der Waals surface area contributed by atoms with E-state index in [0.29, 0.717) is 11.1 Å². The summed E-state index contributed by atoms with van der Waals surface area (Å²) in [7, 11) is 5.06. The minimum atomic E-state index is -2.11. The second kappa shape index (κ2) is 26.3. The number of benzene rings is 2. The molecule has 0 unspecified atom stereocenters. The maximum atomic E-state index is 15.9. The van der Waals surface area contributed by atoms with Crippen molar-refractivity contribution in [3.63, 3.8) is 0 Å². The topological polar surface area (TPSA) is 186 Å². The molecule has 18 heteroatoms. The second-order valence-corrected chi connectivity index (χ2v) is 27.5. The number of hydrogen-bond donors (Lipinski definition) is 0. The Hall–Kier alpha value is -5.94. The van der Waals surface area contributed by atoms with Gasteiger partial charge in [0.05, 0.1) is 0 Å². The number of alkyl halides is 2. The molecule has 0 radical (unpaired) electrons. The number of likely N-dealkylation sites (N-methyl/N-ethyl adjacent to an activating group) is 4. The van der Waals surface area contributed by atoms with Crippen LogP contribution < -0.4 is 0 Å². The van der Waals surface area contributed by atoms with Crippen molar-refractivity contribution in [1.82, 2.24) is 19.6 Å². The molecule has 1 aliphatic heterocycles. The predicted octanol–water partition coefficient (Wildman–Crippen LogP) is 9.22. The highest BCUT2D eigenvalue weighted by molar-refractivity contribution is 5.94. The number of cyclic esters (lactones) is 4. The molecule has 0 bridgehead atoms. The maximum Gasteiger partial charge on any atom is 0.329 e. The third kappa shape index (κ3) is 20.2. The molecule has 0 N–H and O–H groups in total. The lowest BCUT2D eigenvalue weighted by atomic mass is 9.86. The number of rotatable bonds is 10. The van der Waals surface area contributed by atoms with Crippen LogP contribution in [0.4, 0.5) is 8.78 Å². The third-order valence-electron chi connectivity index (χ3n) is 14.1. The van der Waals surface area contributed by atoms with Crippen LogP contribution in [-0.4, -0.2) is 155 Å². The van der Waals surface area contributed by atoms with Crippen molar-refractivity contribution in [2.75, 3.05) is 28.2 Å². The molecule has 4 amide bonds. The summed E-state index contributed by atoms with van der Waals surface area (Å²) in [6.07, 6.45) is -8.46. The van der Waals surface area contributed by atoms with Crippen molar-refractivity contribution in [2.24, 2.45) is 10.8 Å². The zero-order valence-corrected chi connectivity index (χ0v) is 51.9. The fourth-order valence-electron chi connectivity index (χ4n) is 9.35. The zero-order valence-electron chi connectivity index (χ0n) is 51.9. The summed E-state index contributed by atoms with van der Waals surface area (Å²) in [5.74, 6) is -8.07. The highest BCUT2D eigenvalue weighted by Gasteiger charge is 2.45. The van der Waals surface area contributed by atoms with Gasteiger partial charge in [0.2, 0.25) is 0 Å². The van der Waals surface area contributed by atoms with Gasteiger partial charge >= 0.3 is 23.9 Å². The van der Waals surface area contributed by atoms with E-state index >= 15 is 18.4 Å². The van der Waals surface area contributed by atoms with Crippen LogP contribution in [0.3, 0.4) is 0 Å². The summed E-state index contributed by atoms with van der Waals surface area (Å²) in [6.45, 7) is 30.4. The molecule has 16 nitrogen and oxygen atoms in total. The van der Waals surface area contributed by atoms with Crippen LogP contribution >= 0.6 is 0 Å². The Bertz CT molecular complexity index is 2310. The first kappa shape index (κ1) is 68.3. The molecule has 0 spiro atoms. The first-order valence-corrected chi connectivity index (χ1v) is 27.7. The highest BCUT2D eigenvalue weighted by atomic mass is 19.1. The maximum absolute atomic E-state index is 15.9. The average Bonchev–Trinajstić information content (AvgIpc) is 3.31. The first-order chi connectivity index (χ1) is 36.2. The van der Waals surface area contributed by atoms with Crippen molar-refractivity contribution in [1.29, 1.82) is 0 Å². The molecule has 80 heavy (non-hydrogen) atoms. The Morgan fingerprint density at radius 2 is 0.613 bits per heavy atom. The number of hydrogen-bond acceptors (Lipinski definition) is 12. The van der Waals surface area contributed by atoms with Gasteiger partial charge in [-0.05, 0) is 98.3 Å². The largest absolute Gasteiger partial charge is 0.451 e. The lowest BCUT2D eigenvalue weighted by molar-refractivity contribution is -0.177. The number of carbonyl (C=O) groups is 8. The van der Waals surface area contributed by atoms with Crippen LogP contribution in [-0.2, 0) is 81.0 Å². The predicted molar refractivity (Wildman–Crippen MR) is 303 cm³/mol. The fraction of sp³-hybridized carbons (Fsp3) is 0.677. The van der Waals surface area contributed by atoms with Crippen molar-refractivity contribution in [2.45, 2.75) is 234 Å². The Labute approximate surface area is 475 Å². The monoisotopic (exact) mass is 1120 g/mol. The van der Waals surface area contributed by atoms with Gasteiger partial charge in [0.1, 0.15) is 35.5 Å². The molecule has 448 valence electrons. The van der Waals surface area contributed by atoms with Gasteiger partial charge in [-0.1, -0.05) is 132 Å². The molecule has 0 aliphatic carbocycles. The minimum absolute atomic E-state index is 0.0390. The van der Waals surface area contributed by atoms with E-state index in [1.165, 1.54) is 69.7 Å². The Balaban J connectivity index is 2.37. The van der Waals surface area contributed by atoms with Crippen LogP contribution in [0.15, 0.2) is 48.5 Å². The van der Waals surface area contributed by atoms with E-state index in [-0.39, 0.29) is 36.5 Å². The van der Waals surface area contributed by atoms with E-state index in [2.05, 4.69) is 0 Å². The summed E-state index contributed by atoms with van der Waals surface area (Å²) >= 11 is 0. The van der Waals surface area contributed by atoms with E-state index in [4.69, 9.17) is 18.9 Å². The van der Waals surface area contributed by atoms with E-state index in [1.54, 1.807) is 24.3 Å². The van der Waals surface area contributed by atoms with Crippen LogP contribution in [0.25, 0.3) is 0 Å². The standard InChI is InChI=1S/C62H94F2N4O12/c1-37-49(69)65(19)45(35-61(15,16)63)55(75)79-48(32-40-25-29-42(30-26-40)60(12,13)14)52(72)68(22)44(34-58(6,7)8)54(74)78-38(2)50(70)66(20)46(36-62(17,18)64)56(76)80-47(31-39-23-27-41(28-24-39)59(9,10)11)51(71)67(21)43(53(73)77-37)33-57(3,4)5/h23-30,37-38,43-48H,31-36H2,1-22H3/t37-,38-,43+,44+,45+,46+,47-,48-/m1/s1. The van der Waals surface area contributed by atoms with Gasteiger partial charge in [-0.15, -0.1) is 0 Å². The van der Waals surface area contributed by atoms with E-state index in [1.807, 2.05) is 107 Å².